The fourth-order valence-electron chi connectivity index (χ4n) is 12.3. The summed E-state index contributed by atoms with van der Waals surface area (Å²) in [5.74, 6) is -10.7. The molecule has 2 aromatic carbocycles. The number of carbonyl (C=O) groups excluding carboxylic acids is 11. The molecule has 0 unspecified atom stereocenters. The molecular formula is C61H86N10O16. The average molecular weight is 1220 g/mol. The minimum absolute atomic E-state index is 0.00900. The predicted octanol–water partition coefficient (Wildman–Crippen LogP) is -1.51. The first-order valence-corrected chi connectivity index (χ1v) is 30.1. The summed E-state index contributed by atoms with van der Waals surface area (Å²) in [6, 6.07) is 0.222. The molecule has 26 heteroatoms. The van der Waals surface area contributed by atoms with Gasteiger partial charge in [-0.05, 0) is 66.2 Å². The van der Waals surface area contributed by atoms with Gasteiger partial charge in [0.15, 0.2) is 0 Å². The minimum atomic E-state index is -1.77. The van der Waals surface area contributed by atoms with Crippen molar-refractivity contribution in [1.82, 2.24) is 51.1 Å². The van der Waals surface area contributed by atoms with E-state index in [9.17, 15) is 68.4 Å². The zero-order valence-corrected chi connectivity index (χ0v) is 50.8. The van der Waals surface area contributed by atoms with Crippen molar-refractivity contribution in [2.24, 2.45) is 23.7 Å². The minimum Gasteiger partial charge on any atom is -0.508 e. The highest BCUT2D eigenvalue weighted by molar-refractivity contribution is 6.00. The second-order valence-corrected chi connectivity index (χ2v) is 24.8. The molecule has 0 aromatic heterocycles. The summed E-state index contributed by atoms with van der Waals surface area (Å²) < 4.78 is 5.93. The lowest BCUT2D eigenvalue weighted by Crippen LogP contribution is -2.62. The smallest absolute Gasteiger partial charge is 0.328 e. The Hall–Kier alpha value is -7.71. The second kappa shape index (κ2) is 29.3. The molecule has 5 saturated heterocycles. The summed E-state index contributed by atoms with van der Waals surface area (Å²) in [6.07, 6.45) is -2.89. The number of ether oxygens (including phenoxy) is 1. The molecule has 26 nitrogen and oxygen atoms in total. The molecule has 7 rings (SSSR count). The summed E-state index contributed by atoms with van der Waals surface area (Å²) in [6.45, 7) is 9.20. The first-order chi connectivity index (χ1) is 41.2. The number of amides is 10. The molecule has 0 bridgehead atoms. The highest BCUT2D eigenvalue weighted by Gasteiger charge is 2.51. The Bertz CT molecular complexity index is 2860. The fourth-order valence-corrected chi connectivity index (χ4v) is 12.3. The number of nitrogens with one attached hydrogen (secondary N) is 5. The normalized spacial score (nSPS) is 30.0. The van der Waals surface area contributed by atoms with Gasteiger partial charge in [0.2, 0.25) is 59.1 Å². The summed E-state index contributed by atoms with van der Waals surface area (Å²) >= 11 is 0. The lowest BCUT2D eigenvalue weighted by Gasteiger charge is -2.35. The number of hydrogen-bond acceptors (Lipinski definition) is 16. The van der Waals surface area contributed by atoms with Crippen LogP contribution in [-0.4, -0.2) is 229 Å². The molecule has 9 N–H and O–H groups in total. The summed E-state index contributed by atoms with van der Waals surface area (Å²) in [7, 11) is 1.42. The number of rotatable bonds is 12. The molecule has 476 valence electrons. The van der Waals surface area contributed by atoms with E-state index in [2.05, 4.69) is 26.6 Å². The monoisotopic (exact) mass is 1210 g/mol. The van der Waals surface area contributed by atoms with Crippen molar-refractivity contribution in [2.75, 3.05) is 46.4 Å². The molecule has 5 fully saturated rings. The van der Waals surface area contributed by atoms with Gasteiger partial charge in [-0.2, -0.15) is 0 Å². The van der Waals surface area contributed by atoms with Gasteiger partial charge in [0, 0.05) is 65.8 Å². The molecule has 0 saturated carbocycles. The van der Waals surface area contributed by atoms with E-state index in [1.807, 2.05) is 13.8 Å². The van der Waals surface area contributed by atoms with E-state index >= 15 is 4.79 Å². The van der Waals surface area contributed by atoms with Crippen molar-refractivity contribution < 1.29 is 77.9 Å². The van der Waals surface area contributed by atoms with Crippen LogP contribution in [0, 0.1) is 23.7 Å². The van der Waals surface area contributed by atoms with Crippen molar-refractivity contribution in [3.05, 3.63) is 65.7 Å². The zero-order chi connectivity index (χ0) is 63.7. The maximum absolute atomic E-state index is 15.2. The number of esters is 1. The van der Waals surface area contributed by atoms with Gasteiger partial charge in [-0.25, -0.2) is 4.79 Å². The molecule has 10 amide bonds. The maximum atomic E-state index is 15.2. The van der Waals surface area contributed by atoms with Crippen LogP contribution in [0.2, 0.25) is 0 Å². The number of phenolic OH excluding ortho intramolecular Hbond substituents is 1. The van der Waals surface area contributed by atoms with E-state index in [4.69, 9.17) is 4.74 Å². The van der Waals surface area contributed by atoms with Gasteiger partial charge < -0.3 is 76.2 Å². The molecule has 5 heterocycles. The topological polar surface area (TPSA) is 354 Å². The number of likely N-dealkylation sites (N-methyl/N-ethyl adjacent to an activating group) is 1. The van der Waals surface area contributed by atoms with Crippen LogP contribution in [0.1, 0.15) is 98.1 Å². The van der Waals surface area contributed by atoms with Gasteiger partial charge >= 0.3 is 5.97 Å². The number of cyclic esters (lactones) is 1. The number of hydrogen-bond donors (Lipinski definition) is 9. The summed E-state index contributed by atoms with van der Waals surface area (Å²) in [5.41, 5.74) is 1.11. The predicted molar refractivity (Wildman–Crippen MR) is 312 cm³/mol. The first kappa shape index (κ1) is 66.8. The number of aromatic hydroxyl groups is 1. The third-order valence-electron chi connectivity index (χ3n) is 17.3. The number of fused-ring (bicyclic) bond motifs is 4. The molecule has 15 atom stereocenters. The van der Waals surface area contributed by atoms with E-state index in [1.54, 1.807) is 58.0 Å². The van der Waals surface area contributed by atoms with E-state index in [0.717, 1.165) is 9.80 Å². The first-order valence-electron chi connectivity index (χ1n) is 30.1. The van der Waals surface area contributed by atoms with E-state index in [0.29, 0.717) is 17.5 Å². The van der Waals surface area contributed by atoms with Gasteiger partial charge in [0.1, 0.15) is 72.8 Å². The Morgan fingerprint density at radius 3 is 1.74 bits per heavy atom. The van der Waals surface area contributed by atoms with E-state index in [1.165, 1.54) is 52.9 Å². The van der Waals surface area contributed by atoms with Crippen molar-refractivity contribution in [1.29, 1.82) is 0 Å². The number of phenols is 1. The molecule has 87 heavy (non-hydrogen) atoms. The van der Waals surface area contributed by atoms with Gasteiger partial charge in [0.25, 0.3) is 0 Å². The van der Waals surface area contributed by atoms with Crippen LogP contribution in [0.3, 0.4) is 0 Å². The van der Waals surface area contributed by atoms with Gasteiger partial charge in [-0.3, -0.25) is 47.9 Å². The van der Waals surface area contributed by atoms with Crippen molar-refractivity contribution in [3.63, 3.8) is 0 Å². The summed E-state index contributed by atoms with van der Waals surface area (Å²) in [5, 5.41) is 56.5. The third kappa shape index (κ3) is 16.3. The molecule has 2 aromatic rings. The lowest BCUT2D eigenvalue weighted by atomic mass is 9.95. The Balaban J connectivity index is 1.29. The highest BCUT2D eigenvalue weighted by atomic mass is 16.5. The third-order valence-corrected chi connectivity index (χ3v) is 17.3. The quantitative estimate of drug-likeness (QED) is 0.109. The van der Waals surface area contributed by atoms with Crippen LogP contribution in [0.5, 0.6) is 5.75 Å². The summed E-state index contributed by atoms with van der Waals surface area (Å²) in [4.78, 5) is 166. The molecule has 0 aliphatic carbocycles. The Morgan fingerprint density at radius 1 is 0.644 bits per heavy atom. The number of carbonyl (C=O) groups is 11. The Morgan fingerprint density at radius 2 is 1.17 bits per heavy atom. The average Bonchev–Trinajstić information content (AvgIpc) is 1.98. The van der Waals surface area contributed by atoms with Gasteiger partial charge in [-0.15, -0.1) is 0 Å². The van der Waals surface area contributed by atoms with Crippen molar-refractivity contribution in [3.8, 4) is 5.75 Å². The Kier molecular flexibility index (Phi) is 22.5. The largest absolute Gasteiger partial charge is 0.508 e. The number of aliphatic hydroxyl groups is 3. The van der Waals surface area contributed by atoms with Crippen molar-refractivity contribution >= 4 is 65.0 Å². The SMILES string of the molecule is CC[C@H](C)[C@@H]1NC(=O)[C@@H](CC(C)C)NC(=O)[C@@H]2C[C@H](C)CN2C(=O)[C@@H](NC(=O)[C@H](Cc2ccccc2)N(C)C(C)=O)COC(=O)[C@@H]2C[C@H](C)CN2C(=O)[C@@H]2C[C@@H](O)CN2C(=O)[C@@H]2C[C@@H](O)CN2C(=O)[C@@H](CO)NC(=O)[C@H](Cc2ccc(O)cc2)NC1=O. The van der Waals surface area contributed by atoms with Crippen molar-refractivity contribution in [2.45, 2.75) is 172 Å². The maximum Gasteiger partial charge on any atom is 0.328 e. The number of aliphatic hydroxyl groups excluding tert-OH is 3. The van der Waals surface area contributed by atoms with E-state index < -0.39 is 163 Å². The second-order valence-electron chi connectivity index (χ2n) is 24.8. The van der Waals surface area contributed by atoms with Gasteiger partial charge in [0.05, 0.1) is 18.8 Å². The van der Waals surface area contributed by atoms with Gasteiger partial charge in [-0.1, -0.05) is 90.4 Å². The zero-order valence-electron chi connectivity index (χ0n) is 50.8. The Labute approximate surface area is 506 Å². The molecule has 5 aliphatic rings. The van der Waals surface area contributed by atoms with Crippen LogP contribution >= 0.6 is 0 Å². The van der Waals surface area contributed by atoms with Crippen LogP contribution in [-0.2, 0) is 70.3 Å². The van der Waals surface area contributed by atoms with Crippen LogP contribution in [0.4, 0.5) is 0 Å². The highest BCUT2D eigenvalue weighted by Crippen LogP contribution is 2.32. The molecule has 5 aliphatic heterocycles. The van der Waals surface area contributed by atoms with E-state index in [-0.39, 0.29) is 88.1 Å². The molecular weight excluding hydrogens is 1130 g/mol. The molecule has 0 radical (unpaired) electrons. The van der Waals surface area contributed by atoms with Crippen LogP contribution < -0.4 is 26.6 Å². The molecule has 0 spiro atoms. The fraction of sp³-hybridized carbons (Fsp3) is 0.623. The number of nitrogens with zero attached hydrogens (tertiary/aromatic N) is 5. The van der Waals surface area contributed by atoms with Crippen LogP contribution in [0.15, 0.2) is 54.6 Å². The lowest BCUT2D eigenvalue weighted by molar-refractivity contribution is -0.158. The number of benzene rings is 2. The standard InChI is InChI=1S/C61H86N10O16/c1-9-35(6)51-56(81)63-43(22-38-15-17-39(74)18-16-38)52(77)64-44(30-72)57(82)70-28-40(75)24-48(70)60(85)71-29-41(76)25-49(71)59(84)69-27-34(5)21-50(69)61(86)87-31-45(65-54(79)46(67(8)36(7)73)23-37-13-11-10-12-14-37)58(83)68-26-33(4)20-47(68)55(80)62-42(19-32(2)3)53(78)66-51/h10-18,32-35,40-51,72,74-76H,9,19-31H2,1-8H3,(H,62,80)(H,63,81)(H,64,77)(H,65,79)(H,66,78)/t33-,34-,35-,40+,41+,42+,43-,44+,45-,46-,47-,48-,49-,50-,51-/m0/s1. The van der Waals surface area contributed by atoms with Crippen LogP contribution in [0.25, 0.3) is 0 Å².